The molecule has 3 nitrogen and oxygen atoms in total. The van der Waals surface area contributed by atoms with Crippen LogP contribution in [0.3, 0.4) is 0 Å². The average molecular weight is 261 g/mol. The third kappa shape index (κ3) is 3.89. The van der Waals surface area contributed by atoms with E-state index in [1.54, 1.807) is 6.07 Å². The first kappa shape index (κ1) is 12.6. The van der Waals surface area contributed by atoms with Crippen molar-refractivity contribution in [3.05, 3.63) is 65.7 Å². The van der Waals surface area contributed by atoms with Crippen molar-refractivity contribution in [2.45, 2.75) is 6.42 Å². The minimum Gasteiger partial charge on any atom is -0.284 e. The Kier molecular flexibility index (Phi) is 3.67. The van der Waals surface area contributed by atoms with Gasteiger partial charge in [0, 0.05) is 5.69 Å². The van der Waals surface area contributed by atoms with Crippen molar-refractivity contribution in [1.82, 2.24) is 0 Å². The fourth-order valence-electron chi connectivity index (χ4n) is 1.79. The molecular weight excluding hydrogens is 246 g/mol. The Bertz CT molecular complexity index is 621. The average Bonchev–Trinajstić information content (AvgIpc) is 2.28. The summed E-state index contributed by atoms with van der Waals surface area (Å²) in [6.07, 6.45) is 1.94. The number of rotatable bonds is 4. The Morgan fingerprint density at radius 1 is 0.944 bits per heavy atom. The molecule has 2 aromatic carbocycles. The van der Waals surface area contributed by atoms with Crippen molar-refractivity contribution < 1.29 is 8.42 Å². The largest absolute Gasteiger partial charge is 0.284 e. The Hall–Kier alpha value is -1.81. The number of sulfonamides is 1. The summed E-state index contributed by atoms with van der Waals surface area (Å²) in [6.45, 7) is 0. The van der Waals surface area contributed by atoms with Crippen LogP contribution in [0.2, 0.25) is 0 Å². The highest BCUT2D eigenvalue weighted by atomic mass is 32.2. The summed E-state index contributed by atoms with van der Waals surface area (Å²) in [5.74, 6) is 0. The molecule has 0 aliphatic heterocycles. The van der Waals surface area contributed by atoms with Crippen LogP contribution >= 0.6 is 0 Å². The summed E-state index contributed by atoms with van der Waals surface area (Å²) < 4.78 is 24.8. The van der Waals surface area contributed by atoms with Gasteiger partial charge >= 0.3 is 0 Å². The lowest BCUT2D eigenvalue weighted by Crippen LogP contribution is -2.09. The van der Waals surface area contributed by atoms with Gasteiger partial charge in [-0.2, -0.15) is 0 Å². The van der Waals surface area contributed by atoms with E-state index in [4.69, 9.17) is 0 Å². The number of benzene rings is 2. The quantitative estimate of drug-likeness (QED) is 0.919. The van der Waals surface area contributed by atoms with Gasteiger partial charge in [0.15, 0.2) is 0 Å². The molecule has 0 unspecified atom stereocenters. The highest BCUT2D eigenvalue weighted by Crippen LogP contribution is 2.15. The molecule has 2 rings (SSSR count). The van der Waals surface area contributed by atoms with Crippen LogP contribution in [0.4, 0.5) is 5.69 Å². The van der Waals surface area contributed by atoms with E-state index < -0.39 is 10.0 Å². The van der Waals surface area contributed by atoms with Gasteiger partial charge in [-0.15, -0.1) is 0 Å². The fourth-order valence-corrected chi connectivity index (χ4v) is 2.35. The Labute approximate surface area is 108 Å². The van der Waals surface area contributed by atoms with Crippen molar-refractivity contribution in [3.63, 3.8) is 0 Å². The standard InChI is InChI=1S/C14H15NO2S/c1-18(16,17)15-14-9-5-8-13(11-14)10-12-6-3-2-4-7-12/h2-9,11,15H,10H2,1H3. The lowest BCUT2D eigenvalue weighted by molar-refractivity contribution is 0.607. The molecule has 0 heterocycles. The van der Waals surface area contributed by atoms with E-state index in [1.807, 2.05) is 36.4 Å². The zero-order valence-corrected chi connectivity index (χ0v) is 10.9. The topological polar surface area (TPSA) is 46.2 Å². The van der Waals surface area contributed by atoms with Gasteiger partial charge < -0.3 is 0 Å². The van der Waals surface area contributed by atoms with E-state index in [0.29, 0.717) is 5.69 Å². The molecule has 94 valence electrons. The van der Waals surface area contributed by atoms with Crippen molar-refractivity contribution >= 4 is 15.7 Å². The lowest BCUT2D eigenvalue weighted by atomic mass is 10.0. The van der Waals surface area contributed by atoms with Crippen LogP contribution in [0.5, 0.6) is 0 Å². The molecule has 0 aliphatic rings. The van der Waals surface area contributed by atoms with E-state index in [-0.39, 0.29) is 0 Å². The zero-order chi connectivity index (χ0) is 13.0. The molecule has 4 heteroatoms. The molecule has 2 aromatic rings. The third-order valence-electron chi connectivity index (χ3n) is 2.48. The highest BCUT2D eigenvalue weighted by Gasteiger charge is 2.02. The monoisotopic (exact) mass is 261 g/mol. The number of hydrogen-bond acceptors (Lipinski definition) is 2. The second kappa shape index (κ2) is 5.23. The summed E-state index contributed by atoms with van der Waals surface area (Å²) in [5, 5.41) is 0. The van der Waals surface area contributed by atoms with Crippen molar-refractivity contribution in [1.29, 1.82) is 0 Å². The molecule has 0 saturated carbocycles. The van der Waals surface area contributed by atoms with Crippen LogP contribution in [-0.4, -0.2) is 14.7 Å². The predicted molar refractivity (Wildman–Crippen MR) is 74.2 cm³/mol. The van der Waals surface area contributed by atoms with E-state index in [1.165, 1.54) is 5.56 Å². The van der Waals surface area contributed by atoms with Crippen molar-refractivity contribution in [2.75, 3.05) is 11.0 Å². The van der Waals surface area contributed by atoms with Crippen LogP contribution in [0.1, 0.15) is 11.1 Å². The molecule has 0 aliphatic carbocycles. The predicted octanol–water partition coefficient (Wildman–Crippen LogP) is 2.65. The van der Waals surface area contributed by atoms with Gasteiger partial charge in [-0.1, -0.05) is 42.5 Å². The maximum atomic E-state index is 11.2. The third-order valence-corrected chi connectivity index (χ3v) is 3.09. The van der Waals surface area contributed by atoms with Crippen LogP contribution in [0.15, 0.2) is 54.6 Å². The molecule has 1 N–H and O–H groups in total. The molecule has 0 spiro atoms. The molecule has 0 amide bonds. The van der Waals surface area contributed by atoms with Crippen molar-refractivity contribution in [3.8, 4) is 0 Å². The SMILES string of the molecule is CS(=O)(=O)Nc1cccc(Cc2ccccc2)c1. The maximum Gasteiger partial charge on any atom is 0.229 e. The highest BCUT2D eigenvalue weighted by molar-refractivity contribution is 7.92. The Morgan fingerprint density at radius 3 is 2.28 bits per heavy atom. The van der Waals surface area contributed by atoms with Crippen molar-refractivity contribution in [2.24, 2.45) is 0 Å². The van der Waals surface area contributed by atoms with E-state index in [9.17, 15) is 8.42 Å². The number of anilines is 1. The first-order valence-corrected chi connectivity index (χ1v) is 7.53. The second-order valence-electron chi connectivity index (χ2n) is 4.24. The molecule has 0 radical (unpaired) electrons. The van der Waals surface area contributed by atoms with Crippen LogP contribution in [-0.2, 0) is 16.4 Å². The van der Waals surface area contributed by atoms with Gasteiger partial charge in [-0.25, -0.2) is 8.42 Å². The lowest BCUT2D eigenvalue weighted by Gasteiger charge is -2.06. The summed E-state index contributed by atoms with van der Waals surface area (Å²) in [5.41, 5.74) is 2.88. The first-order valence-electron chi connectivity index (χ1n) is 5.63. The van der Waals surface area contributed by atoms with Gasteiger partial charge in [0.2, 0.25) is 10.0 Å². The van der Waals surface area contributed by atoms with E-state index >= 15 is 0 Å². The maximum absolute atomic E-state index is 11.2. The molecular formula is C14H15NO2S. The minimum absolute atomic E-state index is 0.603. The molecule has 0 saturated heterocycles. The van der Waals surface area contributed by atoms with Crippen LogP contribution < -0.4 is 4.72 Å². The number of nitrogens with one attached hydrogen (secondary N) is 1. The smallest absolute Gasteiger partial charge is 0.229 e. The molecule has 0 bridgehead atoms. The van der Waals surface area contributed by atoms with Gasteiger partial charge in [0.05, 0.1) is 6.26 Å². The zero-order valence-electron chi connectivity index (χ0n) is 10.1. The molecule has 18 heavy (non-hydrogen) atoms. The van der Waals surface area contributed by atoms with Gasteiger partial charge in [0.1, 0.15) is 0 Å². The summed E-state index contributed by atoms with van der Waals surface area (Å²) in [7, 11) is -3.22. The minimum atomic E-state index is -3.22. The van der Waals surface area contributed by atoms with Gasteiger partial charge in [0.25, 0.3) is 0 Å². The first-order chi connectivity index (χ1) is 8.53. The van der Waals surface area contributed by atoms with Crippen LogP contribution in [0.25, 0.3) is 0 Å². The van der Waals surface area contributed by atoms with Gasteiger partial charge in [-0.05, 0) is 29.7 Å². The van der Waals surface area contributed by atoms with E-state index in [2.05, 4.69) is 16.9 Å². The molecule has 0 aromatic heterocycles. The molecule has 0 atom stereocenters. The summed E-state index contributed by atoms with van der Waals surface area (Å²) >= 11 is 0. The van der Waals surface area contributed by atoms with Gasteiger partial charge in [-0.3, -0.25) is 4.72 Å². The molecule has 0 fully saturated rings. The van der Waals surface area contributed by atoms with Crippen LogP contribution in [0, 0.1) is 0 Å². The Balaban J connectivity index is 2.18. The van der Waals surface area contributed by atoms with E-state index in [0.717, 1.165) is 18.2 Å². The summed E-state index contributed by atoms with van der Waals surface area (Å²) in [4.78, 5) is 0. The Morgan fingerprint density at radius 2 is 1.61 bits per heavy atom. The number of hydrogen-bond donors (Lipinski definition) is 1. The second-order valence-corrected chi connectivity index (χ2v) is 5.99. The fraction of sp³-hybridized carbons (Fsp3) is 0.143. The summed E-state index contributed by atoms with van der Waals surface area (Å²) in [6, 6.07) is 17.5. The normalized spacial score (nSPS) is 11.2.